The molecule has 0 amide bonds. The molecular weight excluding hydrogens is 327 g/mol. The van der Waals surface area contributed by atoms with Crippen LogP contribution in [0.15, 0.2) is 46.9 Å². The second-order valence-corrected chi connectivity index (χ2v) is 5.19. The molecule has 20 heavy (non-hydrogen) atoms. The van der Waals surface area contributed by atoms with Crippen LogP contribution in [0.4, 0.5) is 10.1 Å². The van der Waals surface area contributed by atoms with E-state index in [-0.39, 0.29) is 0 Å². The van der Waals surface area contributed by atoms with E-state index in [1.807, 2.05) is 24.3 Å². The number of rotatable bonds is 5. The number of nitrogens with zero attached hydrogens (tertiary/aromatic N) is 1. The zero-order valence-electron chi connectivity index (χ0n) is 10.5. The highest BCUT2D eigenvalue weighted by Crippen LogP contribution is 2.18. The van der Waals surface area contributed by atoms with Crippen molar-refractivity contribution in [2.45, 2.75) is 13.1 Å². The SMILES string of the molecule is O=[N+]([O-])c1ccc(CNCc2cccc(Br)c2)cc1F. The third-order valence-electron chi connectivity index (χ3n) is 2.76. The lowest BCUT2D eigenvalue weighted by Gasteiger charge is -2.06. The monoisotopic (exact) mass is 338 g/mol. The molecule has 0 aromatic heterocycles. The average Bonchev–Trinajstić information content (AvgIpc) is 2.38. The maximum absolute atomic E-state index is 13.4. The summed E-state index contributed by atoms with van der Waals surface area (Å²) in [6, 6.07) is 11.8. The van der Waals surface area contributed by atoms with Gasteiger partial charge in [0.15, 0.2) is 0 Å². The number of benzene rings is 2. The van der Waals surface area contributed by atoms with Gasteiger partial charge in [-0.2, -0.15) is 4.39 Å². The molecule has 0 unspecified atom stereocenters. The van der Waals surface area contributed by atoms with E-state index in [0.29, 0.717) is 18.7 Å². The summed E-state index contributed by atoms with van der Waals surface area (Å²) >= 11 is 3.39. The molecule has 1 N–H and O–H groups in total. The molecule has 0 spiro atoms. The zero-order valence-corrected chi connectivity index (χ0v) is 12.1. The molecule has 0 saturated carbocycles. The van der Waals surface area contributed by atoms with Gasteiger partial charge >= 0.3 is 5.69 Å². The summed E-state index contributed by atoms with van der Waals surface area (Å²) < 4.78 is 14.4. The minimum atomic E-state index is -0.809. The van der Waals surface area contributed by atoms with Crippen LogP contribution in [0.5, 0.6) is 0 Å². The van der Waals surface area contributed by atoms with Gasteiger partial charge in [0.2, 0.25) is 5.82 Å². The molecule has 0 heterocycles. The van der Waals surface area contributed by atoms with Gasteiger partial charge in [0.25, 0.3) is 0 Å². The van der Waals surface area contributed by atoms with E-state index in [9.17, 15) is 14.5 Å². The number of nitro benzene ring substituents is 1. The Morgan fingerprint density at radius 3 is 2.45 bits per heavy atom. The summed E-state index contributed by atoms with van der Waals surface area (Å²) in [5.41, 5.74) is 1.27. The first-order valence-corrected chi connectivity index (χ1v) is 6.73. The Balaban J connectivity index is 1.94. The van der Waals surface area contributed by atoms with Crippen molar-refractivity contribution in [3.63, 3.8) is 0 Å². The van der Waals surface area contributed by atoms with Crippen molar-refractivity contribution in [2.75, 3.05) is 0 Å². The second-order valence-electron chi connectivity index (χ2n) is 4.28. The molecule has 0 fully saturated rings. The normalized spacial score (nSPS) is 10.5. The number of nitro groups is 1. The van der Waals surface area contributed by atoms with Crippen LogP contribution in [-0.4, -0.2) is 4.92 Å². The lowest BCUT2D eigenvalue weighted by molar-refractivity contribution is -0.387. The molecule has 2 rings (SSSR count). The first-order valence-electron chi connectivity index (χ1n) is 5.94. The third-order valence-corrected chi connectivity index (χ3v) is 3.25. The van der Waals surface area contributed by atoms with E-state index in [4.69, 9.17) is 0 Å². The van der Waals surface area contributed by atoms with Crippen molar-refractivity contribution >= 4 is 21.6 Å². The predicted molar refractivity (Wildman–Crippen MR) is 77.7 cm³/mol. The fourth-order valence-corrected chi connectivity index (χ4v) is 2.25. The van der Waals surface area contributed by atoms with Crippen LogP contribution in [0.1, 0.15) is 11.1 Å². The Morgan fingerprint density at radius 2 is 1.85 bits per heavy atom. The van der Waals surface area contributed by atoms with E-state index in [2.05, 4.69) is 21.2 Å². The lowest BCUT2D eigenvalue weighted by atomic mass is 10.2. The van der Waals surface area contributed by atoms with E-state index in [0.717, 1.165) is 10.0 Å². The molecule has 6 heteroatoms. The standard InChI is InChI=1S/C14H12BrFN2O2/c15-12-3-1-2-10(6-12)8-17-9-11-4-5-14(18(19)20)13(16)7-11/h1-7,17H,8-9H2. The van der Waals surface area contributed by atoms with E-state index in [1.165, 1.54) is 12.1 Å². The van der Waals surface area contributed by atoms with Crippen molar-refractivity contribution < 1.29 is 9.31 Å². The van der Waals surface area contributed by atoms with Gasteiger partial charge < -0.3 is 5.32 Å². The van der Waals surface area contributed by atoms with E-state index < -0.39 is 16.4 Å². The van der Waals surface area contributed by atoms with Crippen molar-refractivity contribution in [3.05, 3.63) is 74.0 Å². The Labute approximate surface area is 123 Å². The first-order chi connectivity index (χ1) is 9.56. The minimum absolute atomic E-state index is 0.446. The van der Waals surface area contributed by atoms with Gasteiger partial charge in [0, 0.05) is 23.6 Å². The maximum atomic E-state index is 13.4. The third kappa shape index (κ3) is 3.85. The molecule has 2 aromatic carbocycles. The topological polar surface area (TPSA) is 55.2 Å². The molecule has 2 aromatic rings. The molecule has 0 bridgehead atoms. The highest BCUT2D eigenvalue weighted by molar-refractivity contribution is 9.10. The van der Waals surface area contributed by atoms with E-state index >= 15 is 0 Å². The Hall–Kier alpha value is -1.79. The minimum Gasteiger partial charge on any atom is -0.309 e. The Kier molecular flexibility index (Phi) is 4.81. The largest absolute Gasteiger partial charge is 0.309 e. The van der Waals surface area contributed by atoms with Crippen molar-refractivity contribution in [1.82, 2.24) is 5.32 Å². The summed E-state index contributed by atoms with van der Waals surface area (Å²) in [6.07, 6.45) is 0. The lowest BCUT2D eigenvalue weighted by Crippen LogP contribution is -2.12. The molecule has 0 radical (unpaired) electrons. The number of hydrogen-bond donors (Lipinski definition) is 1. The fourth-order valence-electron chi connectivity index (χ4n) is 1.81. The van der Waals surface area contributed by atoms with Crippen LogP contribution < -0.4 is 5.32 Å². The molecule has 0 aliphatic heterocycles. The Bertz CT molecular complexity index is 634. The quantitative estimate of drug-likeness (QED) is 0.666. The van der Waals surface area contributed by atoms with Gasteiger partial charge in [-0.15, -0.1) is 0 Å². The number of halogens is 2. The van der Waals surface area contributed by atoms with Gasteiger partial charge in [-0.3, -0.25) is 10.1 Å². The van der Waals surface area contributed by atoms with Crippen LogP contribution in [0.2, 0.25) is 0 Å². The Morgan fingerprint density at radius 1 is 1.15 bits per heavy atom. The fraction of sp³-hybridized carbons (Fsp3) is 0.143. The van der Waals surface area contributed by atoms with Crippen molar-refractivity contribution in [3.8, 4) is 0 Å². The van der Waals surface area contributed by atoms with Gasteiger partial charge in [-0.25, -0.2) is 0 Å². The molecular formula is C14H12BrFN2O2. The highest BCUT2D eigenvalue weighted by atomic mass is 79.9. The molecule has 0 atom stereocenters. The van der Waals surface area contributed by atoms with Crippen molar-refractivity contribution in [2.24, 2.45) is 0 Å². The first kappa shape index (κ1) is 14.6. The molecule has 0 aliphatic carbocycles. The molecule has 4 nitrogen and oxygen atoms in total. The maximum Gasteiger partial charge on any atom is 0.304 e. The van der Waals surface area contributed by atoms with Crippen LogP contribution in [0, 0.1) is 15.9 Å². The molecule has 0 aliphatic rings. The van der Waals surface area contributed by atoms with Gasteiger partial charge in [0.05, 0.1) is 4.92 Å². The van der Waals surface area contributed by atoms with Crippen LogP contribution in [-0.2, 0) is 13.1 Å². The van der Waals surface area contributed by atoms with Crippen LogP contribution >= 0.6 is 15.9 Å². The number of nitrogens with one attached hydrogen (secondary N) is 1. The summed E-state index contributed by atoms with van der Waals surface area (Å²) in [7, 11) is 0. The van der Waals surface area contributed by atoms with Gasteiger partial charge in [-0.05, 0) is 29.3 Å². The summed E-state index contributed by atoms with van der Waals surface area (Å²) in [6.45, 7) is 1.08. The summed E-state index contributed by atoms with van der Waals surface area (Å²) in [5, 5.41) is 13.7. The van der Waals surface area contributed by atoms with E-state index in [1.54, 1.807) is 6.07 Å². The smallest absolute Gasteiger partial charge is 0.304 e. The van der Waals surface area contributed by atoms with Gasteiger partial charge in [0.1, 0.15) is 0 Å². The highest BCUT2D eigenvalue weighted by Gasteiger charge is 2.13. The molecule has 104 valence electrons. The molecule has 0 saturated heterocycles. The zero-order chi connectivity index (χ0) is 14.5. The van der Waals surface area contributed by atoms with Gasteiger partial charge in [-0.1, -0.05) is 34.1 Å². The summed E-state index contributed by atoms with van der Waals surface area (Å²) in [5.74, 6) is -0.809. The predicted octanol–water partition coefficient (Wildman–Crippen LogP) is 3.79. The second kappa shape index (κ2) is 6.58. The van der Waals surface area contributed by atoms with Crippen LogP contribution in [0.25, 0.3) is 0 Å². The number of hydrogen-bond acceptors (Lipinski definition) is 3. The average molecular weight is 339 g/mol. The van der Waals surface area contributed by atoms with Crippen molar-refractivity contribution in [1.29, 1.82) is 0 Å². The van der Waals surface area contributed by atoms with Crippen LogP contribution in [0.3, 0.4) is 0 Å². The summed E-state index contributed by atoms with van der Waals surface area (Å²) in [4.78, 5) is 9.78.